The van der Waals surface area contributed by atoms with Crippen molar-refractivity contribution in [2.24, 2.45) is 0 Å². The van der Waals surface area contributed by atoms with E-state index in [-0.39, 0.29) is 10.7 Å². The van der Waals surface area contributed by atoms with Gasteiger partial charge in [-0.3, -0.25) is 19.8 Å². The van der Waals surface area contributed by atoms with Crippen LogP contribution in [0.4, 0.5) is 5.69 Å². The summed E-state index contributed by atoms with van der Waals surface area (Å²) in [4.78, 5) is 26.3. The summed E-state index contributed by atoms with van der Waals surface area (Å²) >= 11 is 8.35. The molecular weight excluding hydrogens is 408 g/mol. The zero-order chi connectivity index (χ0) is 18.0. The van der Waals surface area contributed by atoms with Crippen molar-refractivity contribution in [3.05, 3.63) is 52.4 Å². The second-order valence-corrected chi connectivity index (χ2v) is 6.20. The quantitative estimate of drug-likeness (QED) is 0.466. The summed E-state index contributed by atoms with van der Waals surface area (Å²) < 4.78 is 11.3. The standard InChI is InChI=1S/C17H13BrN2O4S/c1-2-23-11-5-3-4-10(8-11)20-16(22)13(15(21)19-17(20)25)9-12-6-7-14(18)24-12/h3-9H,2H2,1H3,(H,19,21,25)/b13-9+. The fourth-order valence-electron chi connectivity index (χ4n) is 2.32. The van der Waals surface area contributed by atoms with Gasteiger partial charge in [0.05, 0.1) is 12.3 Å². The number of furan rings is 1. The van der Waals surface area contributed by atoms with E-state index in [4.69, 9.17) is 21.4 Å². The van der Waals surface area contributed by atoms with Gasteiger partial charge in [0.25, 0.3) is 11.8 Å². The Morgan fingerprint density at radius 3 is 2.80 bits per heavy atom. The Labute approximate surface area is 157 Å². The second-order valence-electron chi connectivity index (χ2n) is 5.03. The Hall–Kier alpha value is -2.45. The zero-order valence-corrected chi connectivity index (χ0v) is 15.5. The Morgan fingerprint density at radius 1 is 1.32 bits per heavy atom. The Balaban J connectivity index is 1.98. The third-order valence-corrected chi connectivity index (χ3v) is 4.08. The number of thiocarbonyl (C=S) groups is 1. The first-order chi connectivity index (χ1) is 12.0. The van der Waals surface area contributed by atoms with Crippen molar-refractivity contribution in [2.45, 2.75) is 6.92 Å². The van der Waals surface area contributed by atoms with Crippen molar-refractivity contribution in [3.63, 3.8) is 0 Å². The number of amides is 2. The Kier molecular flexibility index (Phi) is 5.00. The minimum Gasteiger partial charge on any atom is -0.494 e. The molecule has 2 heterocycles. The first kappa shape index (κ1) is 17.4. The number of hydrogen-bond acceptors (Lipinski definition) is 5. The minimum atomic E-state index is -0.570. The summed E-state index contributed by atoms with van der Waals surface area (Å²) in [5.74, 6) is -0.121. The number of halogens is 1. The lowest BCUT2D eigenvalue weighted by Gasteiger charge is -2.29. The van der Waals surface area contributed by atoms with Crippen LogP contribution in [0.1, 0.15) is 12.7 Å². The van der Waals surface area contributed by atoms with Crippen molar-refractivity contribution in [1.29, 1.82) is 0 Å². The van der Waals surface area contributed by atoms with E-state index in [1.54, 1.807) is 36.4 Å². The zero-order valence-electron chi connectivity index (χ0n) is 13.1. The Morgan fingerprint density at radius 2 is 2.12 bits per heavy atom. The minimum absolute atomic E-state index is 0.0152. The number of nitrogens with zero attached hydrogens (tertiary/aromatic N) is 1. The van der Waals surface area contributed by atoms with Crippen LogP contribution in [0.15, 0.2) is 51.1 Å². The van der Waals surface area contributed by atoms with Crippen LogP contribution < -0.4 is 15.0 Å². The first-order valence-electron chi connectivity index (χ1n) is 7.39. The second kappa shape index (κ2) is 7.20. The third-order valence-electron chi connectivity index (χ3n) is 3.37. The summed E-state index contributed by atoms with van der Waals surface area (Å²) in [7, 11) is 0. The van der Waals surface area contributed by atoms with Gasteiger partial charge >= 0.3 is 0 Å². The molecule has 3 rings (SSSR count). The number of ether oxygens (including phenoxy) is 1. The van der Waals surface area contributed by atoms with Crippen LogP contribution in [0.25, 0.3) is 6.08 Å². The fourth-order valence-corrected chi connectivity index (χ4v) is 2.92. The van der Waals surface area contributed by atoms with Gasteiger partial charge in [-0.25, -0.2) is 0 Å². The lowest BCUT2D eigenvalue weighted by molar-refractivity contribution is -0.122. The summed E-state index contributed by atoms with van der Waals surface area (Å²) in [5, 5.41) is 2.54. The maximum absolute atomic E-state index is 12.8. The largest absolute Gasteiger partial charge is 0.494 e. The lowest BCUT2D eigenvalue weighted by Crippen LogP contribution is -2.54. The van der Waals surface area contributed by atoms with E-state index in [1.807, 2.05) is 6.92 Å². The molecule has 1 aromatic carbocycles. The van der Waals surface area contributed by atoms with E-state index in [0.29, 0.717) is 28.5 Å². The first-order valence-corrected chi connectivity index (χ1v) is 8.59. The van der Waals surface area contributed by atoms with Crippen molar-refractivity contribution >= 4 is 56.8 Å². The number of rotatable bonds is 4. The molecule has 25 heavy (non-hydrogen) atoms. The molecule has 0 spiro atoms. The average molecular weight is 421 g/mol. The molecule has 2 aromatic rings. The van der Waals surface area contributed by atoms with Gasteiger partial charge in [0.15, 0.2) is 9.78 Å². The smallest absolute Gasteiger partial charge is 0.270 e. The van der Waals surface area contributed by atoms with Crippen molar-refractivity contribution in [2.75, 3.05) is 11.5 Å². The van der Waals surface area contributed by atoms with Crippen LogP contribution in [0.3, 0.4) is 0 Å². The van der Waals surface area contributed by atoms with Gasteiger partial charge in [0, 0.05) is 6.07 Å². The number of hydrogen-bond donors (Lipinski definition) is 1. The van der Waals surface area contributed by atoms with Gasteiger partial charge in [-0.05, 0) is 65.4 Å². The molecule has 1 aliphatic heterocycles. The Bertz CT molecular complexity index is 890. The number of benzene rings is 1. The lowest BCUT2D eigenvalue weighted by atomic mass is 10.1. The normalized spacial score (nSPS) is 16.3. The van der Waals surface area contributed by atoms with E-state index in [1.165, 1.54) is 11.0 Å². The van der Waals surface area contributed by atoms with E-state index in [0.717, 1.165) is 0 Å². The molecule has 128 valence electrons. The van der Waals surface area contributed by atoms with Gasteiger partial charge in [0.2, 0.25) is 0 Å². The summed E-state index contributed by atoms with van der Waals surface area (Å²) in [6.45, 7) is 2.36. The molecule has 8 heteroatoms. The van der Waals surface area contributed by atoms with Gasteiger partial charge in [-0.1, -0.05) is 6.07 Å². The molecule has 0 saturated carbocycles. The van der Waals surface area contributed by atoms with E-state index >= 15 is 0 Å². The highest BCUT2D eigenvalue weighted by Crippen LogP contribution is 2.26. The molecule has 1 N–H and O–H groups in total. The van der Waals surface area contributed by atoms with Crippen molar-refractivity contribution < 1.29 is 18.7 Å². The average Bonchev–Trinajstić information content (AvgIpc) is 2.97. The van der Waals surface area contributed by atoms with Gasteiger partial charge in [-0.15, -0.1) is 0 Å². The van der Waals surface area contributed by atoms with Crippen LogP contribution in [-0.4, -0.2) is 23.5 Å². The predicted octanol–water partition coefficient (Wildman–Crippen LogP) is 3.27. The molecule has 0 bridgehead atoms. The van der Waals surface area contributed by atoms with Gasteiger partial charge < -0.3 is 9.15 Å². The van der Waals surface area contributed by atoms with Crippen LogP contribution >= 0.6 is 28.1 Å². The van der Waals surface area contributed by atoms with Gasteiger partial charge in [-0.2, -0.15) is 0 Å². The fraction of sp³-hybridized carbons (Fsp3) is 0.118. The molecule has 1 saturated heterocycles. The summed E-state index contributed by atoms with van der Waals surface area (Å²) in [6, 6.07) is 10.2. The van der Waals surface area contributed by atoms with Gasteiger partial charge in [0.1, 0.15) is 17.1 Å². The maximum Gasteiger partial charge on any atom is 0.270 e. The molecule has 0 unspecified atom stereocenters. The monoisotopic (exact) mass is 420 g/mol. The molecule has 6 nitrogen and oxygen atoms in total. The maximum atomic E-state index is 12.8. The summed E-state index contributed by atoms with van der Waals surface area (Å²) in [5.41, 5.74) is 0.435. The molecule has 1 aliphatic rings. The molecule has 0 aliphatic carbocycles. The van der Waals surface area contributed by atoms with E-state index < -0.39 is 11.8 Å². The van der Waals surface area contributed by atoms with Crippen molar-refractivity contribution in [3.8, 4) is 5.75 Å². The number of anilines is 1. The third kappa shape index (κ3) is 3.64. The van der Waals surface area contributed by atoms with Crippen LogP contribution in [0.2, 0.25) is 0 Å². The highest BCUT2D eigenvalue weighted by Gasteiger charge is 2.34. The predicted molar refractivity (Wildman–Crippen MR) is 100 cm³/mol. The molecular formula is C17H13BrN2O4S. The number of nitrogens with one attached hydrogen (secondary N) is 1. The molecule has 1 fully saturated rings. The van der Waals surface area contributed by atoms with E-state index in [9.17, 15) is 9.59 Å². The highest BCUT2D eigenvalue weighted by molar-refractivity contribution is 9.10. The summed E-state index contributed by atoms with van der Waals surface area (Å²) in [6.07, 6.45) is 1.38. The highest BCUT2D eigenvalue weighted by atomic mass is 79.9. The molecule has 0 atom stereocenters. The van der Waals surface area contributed by atoms with Crippen LogP contribution in [0.5, 0.6) is 5.75 Å². The van der Waals surface area contributed by atoms with Crippen LogP contribution in [0, 0.1) is 0 Å². The SMILES string of the molecule is CCOc1cccc(N2C(=O)/C(=C/c3ccc(Br)o3)C(=O)NC2=S)c1. The number of carbonyl (C=O) groups is 2. The van der Waals surface area contributed by atoms with E-state index in [2.05, 4.69) is 21.2 Å². The molecule has 1 aromatic heterocycles. The molecule has 2 amide bonds. The van der Waals surface area contributed by atoms with Crippen LogP contribution in [-0.2, 0) is 9.59 Å². The number of carbonyl (C=O) groups excluding carboxylic acids is 2. The topological polar surface area (TPSA) is 71.8 Å². The van der Waals surface area contributed by atoms with Crippen molar-refractivity contribution in [1.82, 2.24) is 5.32 Å². The molecule has 0 radical (unpaired) electrons.